The van der Waals surface area contributed by atoms with Gasteiger partial charge in [-0.2, -0.15) is 11.8 Å². The molecule has 1 aromatic rings. The Hall–Kier alpha value is -1.24. The molecule has 0 bridgehead atoms. The minimum absolute atomic E-state index is 0.718. The average molecular weight is 377 g/mol. The summed E-state index contributed by atoms with van der Waals surface area (Å²) >= 11 is 2.09. The van der Waals surface area contributed by atoms with Gasteiger partial charge in [0, 0.05) is 57.3 Å². The number of aliphatic imine (C=N–C) groups is 1. The average Bonchev–Trinajstić information content (AvgIpc) is 2.70. The van der Waals surface area contributed by atoms with E-state index in [-0.39, 0.29) is 0 Å². The van der Waals surface area contributed by atoms with E-state index >= 15 is 0 Å². The molecule has 144 valence electrons. The van der Waals surface area contributed by atoms with Crippen LogP contribution in [0.25, 0.3) is 0 Å². The summed E-state index contributed by atoms with van der Waals surface area (Å²) in [5, 5.41) is 4.32. The smallest absolute Gasteiger partial charge is 0.193 e. The van der Waals surface area contributed by atoms with E-state index in [0.717, 1.165) is 63.7 Å². The van der Waals surface area contributed by atoms with Gasteiger partial charge in [0.25, 0.3) is 0 Å². The minimum Gasteiger partial charge on any atom is -0.379 e. The second-order valence-corrected chi connectivity index (χ2v) is 8.31. The Kier molecular flexibility index (Phi) is 7.65. The largest absolute Gasteiger partial charge is 0.379 e. The standard InChI is InChI=1S/C20H32N4OS/c1-3-19-16-24(10-13-26-19)20(21-2)22-14-17-6-4-5-7-18(17)15-23-8-11-25-12-9-23/h4-7,19H,3,8-16H2,1-2H3,(H,21,22). The van der Waals surface area contributed by atoms with E-state index in [0.29, 0.717) is 0 Å². The molecule has 26 heavy (non-hydrogen) atoms. The van der Waals surface area contributed by atoms with Gasteiger partial charge in [-0.25, -0.2) is 0 Å². The van der Waals surface area contributed by atoms with E-state index in [1.807, 2.05) is 7.05 Å². The van der Waals surface area contributed by atoms with E-state index in [1.165, 1.54) is 23.3 Å². The molecule has 1 aromatic carbocycles. The van der Waals surface area contributed by atoms with Crippen LogP contribution < -0.4 is 5.32 Å². The summed E-state index contributed by atoms with van der Waals surface area (Å²) in [7, 11) is 1.89. The van der Waals surface area contributed by atoms with E-state index in [4.69, 9.17) is 4.74 Å². The van der Waals surface area contributed by atoms with Crippen molar-refractivity contribution in [2.45, 2.75) is 31.7 Å². The van der Waals surface area contributed by atoms with Crippen molar-refractivity contribution in [1.82, 2.24) is 15.1 Å². The topological polar surface area (TPSA) is 40.1 Å². The van der Waals surface area contributed by atoms with Crippen LogP contribution in [0.4, 0.5) is 0 Å². The van der Waals surface area contributed by atoms with Crippen molar-refractivity contribution in [2.24, 2.45) is 4.99 Å². The molecule has 2 fully saturated rings. The number of ether oxygens (including phenoxy) is 1. The molecular weight excluding hydrogens is 344 g/mol. The molecule has 2 saturated heterocycles. The fraction of sp³-hybridized carbons (Fsp3) is 0.650. The Balaban J connectivity index is 1.59. The summed E-state index contributed by atoms with van der Waals surface area (Å²) in [5.74, 6) is 2.22. The summed E-state index contributed by atoms with van der Waals surface area (Å²) in [4.78, 5) is 9.43. The predicted octanol–water partition coefficient (Wildman–Crippen LogP) is 2.42. The zero-order valence-electron chi connectivity index (χ0n) is 16.1. The van der Waals surface area contributed by atoms with E-state index in [9.17, 15) is 0 Å². The molecule has 2 aliphatic rings. The van der Waals surface area contributed by atoms with Crippen molar-refractivity contribution in [2.75, 3.05) is 52.2 Å². The van der Waals surface area contributed by atoms with E-state index in [1.54, 1.807) is 0 Å². The molecule has 0 aliphatic carbocycles. The van der Waals surface area contributed by atoms with Crippen molar-refractivity contribution in [3.63, 3.8) is 0 Å². The molecule has 5 nitrogen and oxygen atoms in total. The lowest BCUT2D eigenvalue weighted by molar-refractivity contribution is 0.0341. The van der Waals surface area contributed by atoms with Gasteiger partial charge in [-0.1, -0.05) is 31.2 Å². The van der Waals surface area contributed by atoms with Gasteiger partial charge in [-0.15, -0.1) is 0 Å². The third-order valence-electron chi connectivity index (χ3n) is 5.16. The van der Waals surface area contributed by atoms with Crippen LogP contribution in [0.1, 0.15) is 24.5 Å². The molecule has 0 spiro atoms. The van der Waals surface area contributed by atoms with Crippen LogP contribution in [0.5, 0.6) is 0 Å². The summed E-state index contributed by atoms with van der Waals surface area (Å²) in [6, 6.07) is 8.76. The molecule has 1 unspecified atom stereocenters. The third kappa shape index (κ3) is 5.38. The second kappa shape index (κ2) is 10.2. The quantitative estimate of drug-likeness (QED) is 0.631. The Bertz CT molecular complexity index is 589. The lowest BCUT2D eigenvalue weighted by Gasteiger charge is -2.34. The zero-order valence-corrected chi connectivity index (χ0v) is 16.9. The fourth-order valence-corrected chi connectivity index (χ4v) is 4.73. The number of rotatable bonds is 5. The van der Waals surface area contributed by atoms with Gasteiger partial charge in [-0.3, -0.25) is 9.89 Å². The van der Waals surface area contributed by atoms with Gasteiger partial charge in [-0.05, 0) is 17.5 Å². The first-order chi connectivity index (χ1) is 12.8. The van der Waals surface area contributed by atoms with E-state index < -0.39 is 0 Å². The molecule has 0 radical (unpaired) electrons. The number of nitrogens with zero attached hydrogens (tertiary/aromatic N) is 3. The molecule has 2 aliphatic heterocycles. The summed E-state index contributed by atoms with van der Waals surface area (Å²) in [6.45, 7) is 10.0. The van der Waals surface area contributed by atoms with Crippen molar-refractivity contribution in [1.29, 1.82) is 0 Å². The summed E-state index contributed by atoms with van der Waals surface area (Å²) < 4.78 is 5.47. The summed E-state index contributed by atoms with van der Waals surface area (Å²) in [5.41, 5.74) is 2.76. The Labute approximate surface area is 162 Å². The number of hydrogen-bond donors (Lipinski definition) is 1. The maximum atomic E-state index is 5.47. The Morgan fingerprint density at radius 2 is 2.00 bits per heavy atom. The van der Waals surface area contributed by atoms with Gasteiger partial charge < -0.3 is 15.0 Å². The number of benzene rings is 1. The number of nitrogens with one attached hydrogen (secondary N) is 1. The van der Waals surface area contributed by atoms with Gasteiger partial charge in [0.1, 0.15) is 0 Å². The molecule has 6 heteroatoms. The Morgan fingerprint density at radius 3 is 2.73 bits per heavy atom. The number of morpholine rings is 1. The highest BCUT2D eigenvalue weighted by Crippen LogP contribution is 2.21. The summed E-state index contributed by atoms with van der Waals surface area (Å²) in [6.07, 6.45) is 1.22. The molecule has 0 amide bonds. The van der Waals surface area contributed by atoms with Gasteiger partial charge in [0.15, 0.2) is 5.96 Å². The monoisotopic (exact) mass is 376 g/mol. The molecule has 1 atom stereocenters. The lowest BCUT2D eigenvalue weighted by atomic mass is 10.1. The minimum atomic E-state index is 0.718. The SMILES string of the molecule is CCC1CN(C(=NC)NCc2ccccc2CN2CCOCC2)CCS1. The number of thioether (sulfide) groups is 1. The van der Waals surface area contributed by atoms with Crippen molar-refractivity contribution in [3.05, 3.63) is 35.4 Å². The second-order valence-electron chi connectivity index (χ2n) is 6.91. The van der Waals surface area contributed by atoms with Crippen LogP contribution in [0, 0.1) is 0 Å². The highest BCUT2D eigenvalue weighted by molar-refractivity contribution is 8.00. The van der Waals surface area contributed by atoms with Crippen molar-refractivity contribution < 1.29 is 4.74 Å². The van der Waals surface area contributed by atoms with Crippen LogP contribution in [-0.2, 0) is 17.8 Å². The molecule has 2 heterocycles. The van der Waals surface area contributed by atoms with Crippen molar-refractivity contribution >= 4 is 17.7 Å². The first-order valence-corrected chi connectivity index (χ1v) is 10.8. The van der Waals surface area contributed by atoms with Crippen LogP contribution in [0.3, 0.4) is 0 Å². The predicted molar refractivity (Wildman–Crippen MR) is 111 cm³/mol. The van der Waals surface area contributed by atoms with E-state index in [2.05, 4.69) is 63.1 Å². The maximum absolute atomic E-state index is 5.47. The van der Waals surface area contributed by atoms with Crippen LogP contribution >= 0.6 is 11.8 Å². The molecular formula is C20H32N4OS. The van der Waals surface area contributed by atoms with Crippen molar-refractivity contribution in [3.8, 4) is 0 Å². The first-order valence-electron chi connectivity index (χ1n) is 9.74. The lowest BCUT2D eigenvalue weighted by Crippen LogP contribution is -2.47. The molecule has 0 aromatic heterocycles. The fourth-order valence-electron chi connectivity index (χ4n) is 3.55. The third-order valence-corrected chi connectivity index (χ3v) is 6.53. The van der Waals surface area contributed by atoms with Crippen LogP contribution in [0.15, 0.2) is 29.3 Å². The molecule has 3 rings (SSSR count). The Morgan fingerprint density at radius 1 is 1.23 bits per heavy atom. The van der Waals surface area contributed by atoms with Crippen LogP contribution in [0.2, 0.25) is 0 Å². The first kappa shape index (κ1) is 19.5. The number of hydrogen-bond acceptors (Lipinski definition) is 4. The molecule has 1 N–H and O–H groups in total. The number of guanidine groups is 1. The normalized spacial score (nSPS) is 22.5. The maximum Gasteiger partial charge on any atom is 0.193 e. The highest BCUT2D eigenvalue weighted by Gasteiger charge is 2.21. The van der Waals surface area contributed by atoms with Gasteiger partial charge in [0.2, 0.25) is 0 Å². The molecule has 0 saturated carbocycles. The van der Waals surface area contributed by atoms with Gasteiger partial charge in [0.05, 0.1) is 13.2 Å². The van der Waals surface area contributed by atoms with Crippen LogP contribution in [-0.4, -0.2) is 73.2 Å². The zero-order chi connectivity index (χ0) is 18.2. The highest BCUT2D eigenvalue weighted by atomic mass is 32.2. The van der Waals surface area contributed by atoms with Gasteiger partial charge >= 0.3 is 0 Å².